The highest BCUT2D eigenvalue weighted by molar-refractivity contribution is 14.0. The number of amides is 1. The van der Waals surface area contributed by atoms with Gasteiger partial charge in [0.2, 0.25) is 5.91 Å². The van der Waals surface area contributed by atoms with Gasteiger partial charge in [-0.25, -0.2) is 0 Å². The number of benzene rings is 2. The maximum atomic E-state index is 12.0. The minimum atomic E-state index is -0.0254. The number of rotatable bonds is 8. The van der Waals surface area contributed by atoms with E-state index in [0.29, 0.717) is 13.1 Å². The Morgan fingerprint density at radius 2 is 1.85 bits per heavy atom. The molecule has 0 aromatic heterocycles. The molecule has 3 N–H and O–H groups in total. The van der Waals surface area contributed by atoms with Crippen LogP contribution < -0.4 is 20.9 Å². The third-order valence-corrected chi connectivity index (χ3v) is 5.55. The van der Waals surface area contributed by atoms with Gasteiger partial charge in [0.15, 0.2) is 5.96 Å². The summed E-state index contributed by atoms with van der Waals surface area (Å²) in [7, 11) is 5.53. The predicted molar refractivity (Wildman–Crippen MR) is 149 cm³/mol. The average Bonchev–Trinajstić information content (AvgIpc) is 3.31. The summed E-state index contributed by atoms with van der Waals surface area (Å²) in [5.41, 5.74) is 4.40. The van der Waals surface area contributed by atoms with Crippen molar-refractivity contribution in [3.63, 3.8) is 0 Å². The number of likely N-dealkylation sites (N-methyl/N-ethyl adjacent to an activating group) is 1. The van der Waals surface area contributed by atoms with Crippen molar-refractivity contribution >= 4 is 47.2 Å². The molecular weight excluding hydrogens is 527 g/mol. The van der Waals surface area contributed by atoms with Gasteiger partial charge in [0.05, 0.1) is 12.6 Å². The van der Waals surface area contributed by atoms with Gasteiger partial charge in [-0.2, -0.15) is 0 Å². The van der Waals surface area contributed by atoms with Crippen molar-refractivity contribution < 1.29 is 4.79 Å². The number of halogens is 1. The van der Waals surface area contributed by atoms with Gasteiger partial charge < -0.3 is 25.8 Å². The van der Waals surface area contributed by atoms with Crippen LogP contribution in [0.3, 0.4) is 0 Å². The molecule has 0 aliphatic carbocycles. The molecule has 1 heterocycles. The number of hydrogen-bond donors (Lipinski definition) is 3. The summed E-state index contributed by atoms with van der Waals surface area (Å²) in [5.74, 6) is 0.716. The number of nitrogens with zero attached hydrogens (tertiary/aromatic N) is 3. The molecule has 1 fully saturated rings. The fraction of sp³-hybridized carbons (Fsp3) is 0.440. The van der Waals surface area contributed by atoms with Crippen LogP contribution in [0.25, 0.3) is 0 Å². The van der Waals surface area contributed by atoms with Crippen LogP contribution in [-0.2, 0) is 11.3 Å². The normalized spacial score (nSPS) is 14.6. The molecule has 1 aliphatic rings. The van der Waals surface area contributed by atoms with Crippen molar-refractivity contribution in [1.82, 2.24) is 15.5 Å². The highest BCUT2D eigenvalue weighted by Gasteiger charge is 2.14. The molecule has 0 saturated carbocycles. The van der Waals surface area contributed by atoms with E-state index in [1.54, 1.807) is 7.05 Å². The topological polar surface area (TPSA) is 72.0 Å². The van der Waals surface area contributed by atoms with Crippen LogP contribution in [0.5, 0.6) is 0 Å². The zero-order chi connectivity index (χ0) is 22.9. The Kier molecular flexibility index (Phi) is 10.9. The van der Waals surface area contributed by atoms with Crippen LogP contribution in [0.15, 0.2) is 53.5 Å². The van der Waals surface area contributed by atoms with Crippen LogP contribution in [0.4, 0.5) is 11.4 Å². The highest BCUT2D eigenvalue weighted by Crippen LogP contribution is 2.24. The zero-order valence-electron chi connectivity index (χ0n) is 20.1. The standard InChI is InChI=1S/C25H36N6O.HI/c1-19(21-10-8-12-23(16-21)31-13-5-6-14-31)28-25(26-2)27-17-20-9-7-11-22(15-20)29-24(32)18-30(3)4;/h7-12,15-16,19H,5-6,13-14,17-18H2,1-4H3,(H,29,32)(H2,26,27,28);1H. The number of carbonyl (C=O) groups excluding carboxylic acids is 1. The molecule has 0 radical (unpaired) electrons. The van der Waals surface area contributed by atoms with E-state index in [1.165, 1.54) is 24.1 Å². The van der Waals surface area contributed by atoms with Crippen LogP contribution in [0, 0.1) is 0 Å². The van der Waals surface area contributed by atoms with Gasteiger partial charge in [-0.1, -0.05) is 24.3 Å². The second kappa shape index (κ2) is 13.4. The van der Waals surface area contributed by atoms with Gasteiger partial charge in [-0.05, 0) is 69.3 Å². The van der Waals surface area contributed by atoms with Crippen molar-refractivity contribution in [1.29, 1.82) is 0 Å². The van der Waals surface area contributed by atoms with Gasteiger partial charge in [-0.3, -0.25) is 9.79 Å². The van der Waals surface area contributed by atoms with Gasteiger partial charge in [0, 0.05) is 38.1 Å². The molecule has 3 rings (SSSR count). The lowest BCUT2D eigenvalue weighted by Crippen LogP contribution is -2.38. The molecule has 8 heteroatoms. The molecule has 1 aliphatic heterocycles. The number of guanidine groups is 1. The number of hydrogen-bond acceptors (Lipinski definition) is 4. The van der Waals surface area contributed by atoms with E-state index in [4.69, 9.17) is 0 Å². The molecule has 180 valence electrons. The molecule has 2 aromatic carbocycles. The molecule has 1 saturated heterocycles. The van der Waals surface area contributed by atoms with E-state index in [-0.39, 0.29) is 35.9 Å². The maximum absolute atomic E-state index is 12.0. The lowest BCUT2D eigenvalue weighted by molar-refractivity contribution is -0.116. The lowest BCUT2D eigenvalue weighted by atomic mass is 10.1. The largest absolute Gasteiger partial charge is 0.372 e. The van der Waals surface area contributed by atoms with E-state index < -0.39 is 0 Å². The Morgan fingerprint density at radius 3 is 2.55 bits per heavy atom. The first kappa shape index (κ1) is 26.9. The summed E-state index contributed by atoms with van der Waals surface area (Å²) < 4.78 is 0. The molecule has 2 aromatic rings. The Bertz CT molecular complexity index is 927. The number of anilines is 2. The summed E-state index contributed by atoms with van der Waals surface area (Å²) in [6.45, 7) is 5.40. The van der Waals surface area contributed by atoms with Gasteiger partial charge >= 0.3 is 0 Å². The van der Waals surface area contributed by atoms with Crippen molar-refractivity contribution in [2.75, 3.05) is 51.0 Å². The zero-order valence-corrected chi connectivity index (χ0v) is 22.4. The van der Waals surface area contributed by atoms with E-state index in [9.17, 15) is 4.79 Å². The van der Waals surface area contributed by atoms with Gasteiger partial charge in [-0.15, -0.1) is 24.0 Å². The molecule has 1 unspecified atom stereocenters. The van der Waals surface area contributed by atoms with Gasteiger partial charge in [0.1, 0.15) is 0 Å². The molecule has 1 amide bonds. The van der Waals surface area contributed by atoms with Crippen molar-refractivity contribution in [2.45, 2.75) is 32.4 Å². The summed E-state index contributed by atoms with van der Waals surface area (Å²) in [4.78, 5) is 20.7. The second-order valence-corrected chi connectivity index (χ2v) is 8.57. The van der Waals surface area contributed by atoms with Crippen LogP contribution >= 0.6 is 24.0 Å². The molecule has 7 nitrogen and oxygen atoms in total. The third kappa shape index (κ3) is 8.51. The van der Waals surface area contributed by atoms with Crippen molar-refractivity contribution in [3.8, 4) is 0 Å². The van der Waals surface area contributed by atoms with E-state index in [2.05, 4.69) is 57.0 Å². The SMILES string of the molecule is CN=C(NCc1cccc(NC(=O)CN(C)C)c1)NC(C)c1cccc(N2CCCC2)c1.I. The Hall–Kier alpha value is -2.33. The lowest BCUT2D eigenvalue weighted by Gasteiger charge is -2.22. The Morgan fingerprint density at radius 1 is 1.12 bits per heavy atom. The number of carbonyl (C=O) groups is 1. The summed E-state index contributed by atoms with van der Waals surface area (Å²) in [6, 6.07) is 16.7. The van der Waals surface area contributed by atoms with E-state index >= 15 is 0 Å². The van der Waals surface area contributed by atoms with E-state index in [0.717, 1.165) is 30.3 Å². The average molecular weight is 565 g/mol. The number of nitrogens with one attached hydrogen (secondary N) is 3. The van der Waals surface area contributed by atoms with E-state index in [1.807, 2.05) is 43.3 Å². The number of aliphatic imine (C=N–C) groups is 1. The van der Waals surface area contributed by atoms with Crippen LogP contribution in [0.2, 0.25) is 0 Å². The third-order valence-electron chi connectivity index (χ3n) is 5.55. The first-order chi connectivity index (χ1) is 15.4. The quantitative estimate of drug-likeness (QED) is 0.258. The Labute approximate surface area is 215 Å². The van der Waals surface area contributed by atoms with Crippen LogP contribution in [0.1, 0.15) is 36.9 Å². The Balaban J connectivity index is 0.00000385. The molecule has 1 atom stereocenters. The minimum Gasteiger partial charge on any atom is -0.372 e. The molecule has 0 spiro atoms. The highest BCUT2D eigenvalue weighted by atomic mass is 127. The fourth-order valence-electron chi connectivity index (χ4n) is 3.88. The monoisotopic (exact) mass is 564 g/mol. The molecule has 33 heavy (non-hydrogen) atoms. The second-order valence-electron chi connectivity index (χ2n) is 8.57. The van der Waals surface area contributed by atoms with Crippen molar-refractivity contribution in [3.05, 3.63) is 59.7 Å². The minimum absolute atomic E-state index is 0. The summed E-state index contributed by atoms with van der Waals surface area (Å²) >= 11 is 0. The van der Waals surface area contributed by atoms with Gasteiger partial charge in [0.25, 0.3) is 0 Å². The maximum Gasteiger partial charge on any atom is 0.238 e. The van der Waals surface area contributed by atoms with Crippen molar-refractivity contribution in [2.24, 2.45) is 4.99 Å². The molecular formula is C25H37IN6O. The first-order valence-electron chi connectivity index (χ1n) is 11.3. The predicted octanol–water partition coefficient (Wildman–Crippen LogP) is 3.83. The summed E-state index contributed by atoms with van der Waals surface area (Å²) in [6.07, 6.45) is 2.55. The van der Waals surface area contributed by atoms with Crippen LogP contribution in [-0.4, -0.2) is 57.5 Å². The smallest absolute Gasteiger partial charge is 0.238 e. The fourth-order valence-corrected chi connectivity index (χ4v) is 3.88. The first-order valence-corrected chi connectivity index (χ1v) is 11.3. The summed E-state index contributed by atoms with van der Waals surface area (Å²) in [5, 5.41) is 9.80. The molecule has 0 bridgehead atoms.